The Bertz CT molecular complexity index is 615. The molecule has 23 heavy (non-hydrogen) atoms. The highest BCUT2D eigenvalue weighted by atomic mass is 16.6. The monoisotopic (exact) mass is 318 g/mol. The molecule has 0 aliphatic heterocycles. The molecular formula is C17H22N2O4. The van der Waals surface area contributed by atoms with Crippen molar-refractivity contribution in [3.63, 3.8) is 0 Å². The molecule has 1 heterocycles. The van der Waals surface area contributed by atoms with Crippen molar-refractivity contribution in [2.45, 2.75) is 26.9 Å². The number of imidazole rings is 1. The quantitative estimate of drug-likeness (QED) is 0.829. The van der Waals surface area contributed by atoms with E-state index in [2.05, 4.69) is 9.97 Å². The lowest BCUT2D eigenvalue weighted by molar-refractivity contribution is -0.0222. The first-order valence-corrected chi connectivity index (χ1v) is 7.37. The molecule has 124 valence electrons. The van der Waals surface area contributed by atoms with Crippen molar-refractivity contribution < 1.29 is 19.0 Å². The maximum Gasteiger partial charge on any atom is 0.374 e. The smallest absolute Gasteiger partial charge is 0.374 e. The van der Waals surface area contributed by atoms with Crippen molar-refractivity contribution in [3.05, 3.63) is 42.5 Å². The highest BCUT2D eigenvalue weighted by molar-refractivity contribution is 5.85. The van der Waals surface area contributed by atoms with Crippen molar-refractivity contribution in [1.29, 1.82) is 0 Å². The van der Waals surface area contributed by atoms with Gasteiger partial charge in [-0.3, -0.25) is 0 Å². The summed E-state index contributed by atoms with van der Waals surface area (Å²) >= 11 is 0. The molecule has 0 saturated carbocycles. The normalized spacial score (nSPS) is 12.5. The molecule has 0 bridgehead atoms. The molecule has 1 atom stereocenters. The molecule has 0 aliphatic carbocycles. The number of methoxy groups -OCH3 is 1. The lowest BCUT2D eigenvalue weighted by Gasteiger charge is -2.29. The SMILES string of the molecule is COc1ccc(OCC(OC(=O)c2ncc[nH]2)C(C)(C)C)cc1. The number of aromatic amines is 1. The van der Waals surface area contributed by atoms with Crippen molar-refractivity contribution in [2.24, 2.45) is 5.41 Å². The van der Waals surface area contributed by atoms with E-state index >= 15 is 0 Å². The Morgan fingerprint density at radius 3 is 2.39 bits per heavy atom. The van der Waals surface area contributed by atoms with E-state index < -0.39 is 12.1 Å². The minimum Gasteiger partial charge on any atom is -0.497 e. The molecule has 1 unspecified atom stereocenters. The fourth-order valence-electron chi connectivity index (χ4n) is 1.87. The second-order valence-corrected chi connectivity index (χ2v) is 6.18. The van der Waals surface area contributed by atoms with Crippen LogP contribution in [-0.2, 0) is 4.74 Å². The zero-order chi connectivity index (χ0) is 16.9. The molecule has 0 radical (unpaired) electrons. The first-order valence-electron chi connectivity index (χ1n) is 7.37. The predicted molar refractivity (Wildman–Crippen MR) is 85.7 cm³/mol. The molecule has 0 aliphatic rings. The third kappa shape index (κ3) is 4.74. The van der Waals surface area contributed by atoms with Crippen molar-refractivity contribution in [1.82, 2.24) is 9.97 Å². The zero-order valence-corrected chi connectivity index (χ0v) is 13.8. The van der Waals surface area contributed by atoms with E-state index in [4.69, 9.17) is 14.2 Å². The van der Waals surface area contributed by atoms with E-state index in [0.717, 1.165) is 5.75 Å². The van der Waals surface area contributed by atoms with Gasteiger partial charge < -0.3 is 19.2 Å². The van der Waals surface area contributed by atoms with Gasteiger partial charge in [-0.25, -0.2) is 9.78 Å². The van der Waals surface area contributed by atoms with Gasteiger partial charge in [-0.1, -0.05) is 20.8 Å². The largest absolute Gasteiger partial charge is 0.497 e. The summed E-state index contributed by atoms with van der Waals surface area (Å²) in [4.78, 5) is 18.7. The van der Waals surface area contributed by atoms with Crippen molar-refractivity contribution in [2.75, 3.05) is 13.7 Å². The van der Waals surface area contributed by atoms with Crippen molar-refractivity contribution >= 4 is 5.97 Å². The summed E-state index contributed by atoms with van der Waals surface area (Å²) in [5.41, 5.74) is -0.269. The Balaban J connectivity index is 1.99. The second kappa shape index (κ2) is 7.17. The van der Waals surface area contributed by atoms with Gasteiger partial charge in [0.2, 0.25) is 5.82 Å². The minimum atomic E-state index is -0.492. The Labute approximate surface area is 135 Å². The zero-order valence-electron chi connectivity index (χ0n) is 13.8. The molecule has 0 spiro atoms. The number of H-pyrrole nitrogens is 1. The summed E-state index contributed by atoms with van der Waals surface area (Å²) in [6.45, 7) is 6.22. The van der Waals surface area contributed by atoms with Crippen LogP contribution in [0, 0.1) is 5.41 Å². The third-order valence-electron chi connectivity index (χ3n) is 3.37. The van der Waals surface area contributed by atoms with Crippen LogP contribution in [0.4, 0.5) is 0 Å². The van der Waals surface area contributed by atoms with E-state index in [1.807, 2.05) is 45.0 Å². The number of nitrogens with zero attached hydrogens (tertiary/aromatic N) is 1. The lowest BCUT2D eigenvalue weighted by Crippen LogP contribution is -2.37. The van der Waals surface area contributed by atoms with Gasteiger partial charge in [0.05, 0.1) is 7.11 Å². The summed E-state index contributed by atoms with van der Waals surface area (Å²) < 4.78 is 16.4. The van der Waals surface area contributed by atoms with Crippen molar-refractivity contribution in [3.8, 4) is 11.5 Å². The fourth-order valence-corrected chi connectivity index (χ4v) is 1.87. The first kappa shape index (κ1) is 16.9. The molecule has 0 saturated heterocycles. The Morgan fingerprint density at radius 1 is 1.22 bits per heavy atom. The van der Waals surface area contributed by atoms with Crippen LogP contribution in [0.15, 0.2) is 36.7 Å². The summed E-state index contributed by atoms with van der Waals surface area (Å²) in [5.74, 6) is 1.14. The van der Waals surface area contributed by atoms with Crippen LogP contribution in [0.2, 0.25) is 0 Å². The number of hydrogen-bond donors (Lipinski definition) is 1. The van der Waals surface area contributed by atoms with Crippen LogP contribution < -0.4 is 9.47 Å². The molecule has 2 aromatic rings. The Kier molecular flexibility index (Phi) is 5.26. The number of nitrogens with one attached hydrogen (secondary N) is 1. The predicted octanol–water partition coefficient (Wildman–Crippen LogP) is 3.07. The summed E-state index contributed by atoms with van der Waals surface area (Å²) in [6, 6.07) is 7.26. The average Bonchev–Trinajstić information content (AvgIpc) is 3.05. The molecule has 0 amide bonds. The molecular weight excluding hydrogens is 296 g/mol. The number of ether oxygens (including phenoxy) is 3. The van der Waals surface area contributed by atoms with Crippen LogP contribution in [0.1, 0.15) is 31.4 Å². The van der Waals surface area contributed by atoms with Gasteiger partial charge in [-0.2, -0.15) is 0 Å². The first-order chi connectivity index (χ1) is 10.9. The van der Waals surface area contributed by atoms with Gasteiger partial charge in [0.1, 0.15) is 24.2 Å². The number of rotatable bonds is 6. The third-order valence-corrected chi connectivity index (χ3v) is 3.37. The molecule has 1 aromatic heterocycles. The molecule has 6 nitrogen and oxygen atoms in total. The summed E-state index contributed by atoms with van der Waals surface area (Å²) in [5, 5.41) is 0. The molecule has 0 fully saturated rings. The van der Waals surface area contributed by atoms with Gasteiger partial charge in [0.25, 0.3) is 0 Å². The maximum atomic E-state index is 12.1. The van der Waals surface area contributed by atoms with Gasteiger partial charge in [-0.15, -0.1) is 0 Å². The number of benzene rings is 1. The molecule has 1 aromatic carbocycles. The molecule has 1 N–H and O–H groups in total. The number of carbonyl (C=O) groups excluding carboxylic acids is 1. The maximum absolute atomic E-state index is 12.1. The molecule has 2 rings (SSSR count). The topological polar surface area (TPSA) is 73.4 Å². The van der Waals surface area contributed by atoms with E-state index in [-0.39, 0.29) is 17.8 Å². The number of esters is 1. The molecule has 6 heteroatoms. The van der Waals surface area contributed by atoms with Gasteiger partial charge in [0, 0.05) is 17.8 Å². The number of aromatic nitrogens is 2. The van der Waals surface area contributed by atoms with Crippen LogP contribution in [0.25, 0.3) is 0 Å². The van der Waals surface area contributed by atoms with Crippen LogP contribution >= 0.6 is 0 Å². The van der Waals surface area contributed by atoms with Gasteiger partial charge in [0.15, 0.2) is 0 Å². The average molecular weight is 318 g/mol. The minimum absolute atomic E-state index is 0.184. The Hall–Kier alpha value is -2.50. The fraction of sp³-hybridized carbons (Fsp3) is 0.412. The van der Waals surface area contributed by atoms with Crippen LogP contribution in [0.3, 0.4) is 0 Å². The standard InChI is InChI=1S/C17H22N2O4/c1-17(2,3)14(23-16(20)15-18-9-10-19-15)11-22-13-7-5-12(21-4)6-8-13/h5-10,14H,11H2,1-4H3,(H,18,19). The highest BCUT2D eigenvalue weighted by Crippen LogP contribution is 2.25. The second-order valence-electron chi connectivity index (χ2n) is 6.18. The van der Waals surface area contributed by atoms with E-state index in [1.165, 1.54) is 6.20 Å². The summed E-state index contributed by atoms with van der Waals surface area (Å²) in [7, 11) is 1.61. The van der Waals surface area contributed by atoms with Gasteiger partial charge >= 0.3 is 5.97 Å². The van der Waals surface area contributed by atoms with E-state index in [9.17, 15) is 4.79 Å². The highest BCUT2D eigenvalue weighted by Gasteiger charge is 2.30. The number of hydrogen-bond acceptors (Lipinski definition) is 5. The van der Waals surface area contributed by atoms with Crippen LogP contribution in [-0.4, -0.2) is 35.8 Å². The lowest BCUT2D eigenvalue weighted by atomic mass is 9.89. The van der Waals surface area contributed by atoms with E-state index in [0.29, 0.717) is 5.75 Å². The van der Waals surface area contributed by atoms with Crippen LogP contribution in [0.5, 0.6) is 11.5 Å². The van der Waals surface area contributed by atoms with E-state index in [1.54, 1.807) is 13.3 Å². The van der Waals surface area contributed by atoms with Gasteiger partial charge in [-0.05, 0) is 24.3 Å². The number of carbonyl (C=O) groups is 1. The summed E-state index contributed by atoms with van der Waals surface area (Å²) in [6.07, 6.45) is 2.68. The Morgan fingerprint density at radius 2 is 1.87 bits per heavy atom.